The molecule has 2 unspecified atom stereocenters. The number of nitrogens with zero attached hydrogens (tertiary/aromatic N) is 1. The predicted octanol–water partition coefficient (Wildman–Crippen LogP) is 2.26. The zero-order valence-corrected chi connectivity index (χ0v) is 13.3. The summed E-state index contributed by atoms with van der Waals surface area (Å²) in [5.74, 6) is -0.850. The van der Waals surface area contributed by atoms with Crippen LogP contribution < -0.4 is 5.32 Å². The van der Waals surface area contributed by atoms with Crippen LogP contribution in [0.1, 0.15) is 59.8 Å². The molecule has 0 aliphatic rings. The standard InChI is InChI=1S/C15H30N2O3/c1-5-7-8-9-12(3)16-14(18)11-17(6-2)13(4)10-15(19)20/h12-13H,5-11H2,1-4H3,(H,16,18)(H,19,20). The van der Waals surface area contributed by atoms with Crippen LogP contribution in [0.5, 0.6) is 0 Å². The summed E-state index contributed by atoms with van der Waals surface area (Å²) in [4.78, 5) is 24.5. The molecule has 0 aromatic heterocycles. The van der Waals surface area contributed by atoms with Crippen molar-refractivity contribution >= 4 is 11.9 Å². The average Bonchev–Trinajstić information content (AvgIpc) is 2.35. The summed E-state index contributed by atoms with van der Waals surface area (Å²) >= 11 is 0. The van der Waals surface area contributed by atoms with Crippen molar-refractivity contribution in [1.82, 2.24) is 10.2 Å². The van der Waals surface area contributed by atoms with Gasteiger partial charge in [-0.05, 0) is 26.8 Å². The number of nitrogens with one attached hydrogen (secondary N) is 1. The van der Waals surface area contributed by atoms with Gasteiger partial charge in [0, 0.05) is 12.1 Å². The van der Waals surface area contributed by atoms with Crippen LogP contribution in [0.25, 0.3) is 0 Å². The maximum atomic E-state index is 11.9. The summed E-state index contributed by atoms with van der Waals surface area (Å²) in [6.45, 7) is 8.90. The van der Waals surface area contributed by atoms with Crippen LogP contribution in [0.4, 0.5) is 0 Å². The molecule has 1 amide bonds. The Hall–Kier alpha value is -1.10. The van der Waals surface area contributed by atoms with Crippen molar-refractivity contribution in [3.8, 4) is 0 Å². The van der Waals surface area contributed by atoms with Crippen molar-refractivity contribution in [1.29, 1.82) is 0 Å². The average molecular weight is 286 g/mol. The number of amides is 1. The molecule has 0 saturated heterocycles. The highest BCUT2D eigenvalue weighted by Crippen LogP contribution is 2.05. The van der Waals surface area contributed by atoms with Crippen LogP contribution in [-0.2, 0) is 9.59 Å². The lowest BCUT2D eigenvalue weighted by molar-refractivity contribution is -0.139. The Morgan fingerprint density at radius 3 is 2.35 bits per heavy atom. The number of aliphatic carboxylic acids is 1. The summed E-state index contributed by atoms with van der Waals surface area (Å²) in [6.07, 6.45) is 4.56. The molecule has 0 heterocycles. The lowest BCUT2D eigenvalue weighted by atomic mass is 10.1. The highest BCUT2D eigenvalue weighted by Gasteiger charge is 2.18. The third kappa shape index (κ3) is 8.91. The van der Waals surface area contributed by atoms with Crippen molar-refractivity contribution in [3.63, 3.8) is 0 Å². The van der Waals surface area contributed by atoms with Gasteiger partial charge in [0.1, 0.15) is 0 Å². The van der Waals surface area contributed by atoms with Crippen molar-refractivity contribution in [2.75, 3.05) is 13.1 Å². The van der Waals surface area contributed by atoms with E-state index in [9.17, 15) is 9.59 Å². The minimum Gasteiger partial charge on any atom is -0.481 e. The molecule has 0 aromatic rings. The first-order chi connectivity index (χ1) is 9.40. The van der Waals surface area contributed by atoms with Crippen LogP contribution in [0, 0.1) is 0 Å². The lowest BCUT2D eigenvalue weighted by Crippen LogP contribution is -2.44. The zero-order valence-electron chi connectivity index (χ0n) is 13.3. The van der Waals surface area contributed by atoms with E-state index in [1.807, 2.05) is 25.7 Å². The van der Waals surface area contributed by atoms with Crippen LogP contribution in [0.2, 0.25) is 0 Å². The second kappa shape index (κ2) is 10.7. The van der Waals surface area contributed by atoms with Gasteiger partial charge < -0.3 is 10.4 Å². The number of carboxylic acids is 1. The first-order valence-corrected chi connectivity index (χ1v) is 7.65. The van der Waals surface area contributed by atoms with Crippen LogP contribution in [0.3, 0.4) is 0 Å². The number of unbranched alkanes of at least 4 members (excludes halogenated alkanes) is 2. The number of carbonyl (C=O) groups is 2. The molecule has 2 atom stereocenters. The maximum Gasteiger partial charge on any atom is 0.304 e. The fourth-order valence-electron chi connectivity index (χ4n) is 2.24. The lowest BCUT2D eigenvalue weighted by Gasteiger charge is -2.26. The predicted molar refractivity (Wildman–Crippen MR) is 80.7 cm³/mol. The number of carbonyl (C=O) groups excluding carboxylic acids is 1. The fourth-order valence-corrected chi connectivity index (χ4v) is 2.24. The smallest absolute Gasteiger partial charge is 0.304 e. The molecule has 0 fully saturated rings. The number of hydrogen-bond acceptors (Lipinski definition) is 3. The molecule has 0 aliphatic carbocycles. The molecule has 0 aliphatic heterocycles. The van der Waals surface area contributed by atoms with Crippen molar-refractivity contribution in [3.05, 3.63) is 0 Å². The molecule has 0 rings (SSSR count). The highest BCUT2D eigenvalue weighted by molar-refractivity contribution is 5.78. The van der Waals surface area contributed by atoms with Gasteiger partial charge in [0.25, 0.3) is 0 Å². The van der Waals surface area contributed by atoms with E-state index in [-0.39, 0.29) is 31.0 Å². The number of carboxylic acid groups (broad SMARTS) is 1. The van der Waals surface area contributed by atoms with E-state index >= 15 is 0 Å². The fraction of sp³-hybridized carbons (Fsp3) is 0.867. The summed E-state index contributed by atoms with van der Waals surface area (Å²) in [5.41, 5.74) is 0. The molecule has 20 heavy (non-hydrogen) atoms. The van der Waals surface area contributed by atoms with Crippen LogP contribution >= 0.6 is 0 Å². The SMILES string of the molecule is CCCCCC(C)NC(=O)CN(CC)C(C)CC(=O)O. The van der Waals surface area contributed by atoms with E-state index in [2.05, 4.69) is 12.2 Å². The van der Waals surface area contributed by atoms with E-state index < -0.39 is 5.97 Å². The molecule has 2 N–H and O–H groups in total. The molecule has 0 spiro atoms. The Morgan fingerprint density at radius 2 is 1.85 bits per heavy atom. The van der Waals surface area contributed by atoms with E-state index in [0.29, 0.717) is 6.54 Å². The van der Waals surface area contributed by atoms with Gasteiger partial charge in [0.2, 0.25) is 5.91 Å². The molecule has 0 radical (unpaired) electrons. The maximum absolute atomic E-state index is 11.9. The third-order valence-electron chi connectivity index (χ3n) is 3.49. The monoisotopic (exact) mass is 286 g/mol. The number of rotatable bonds is 11. The van der Waals surface area contributed by atoms with Crippen molar-refractivity contribution < 1.29 is 14.7 Å². The van der Waals surface area contributed by atoms with Crippen LogP contribution in [0.15, 0.2) is 0 Å². The number of hydrogen-bond donors (Lipinski definition) is 2. The molecule has 0 saturated carbocycles. The Morgan fingerprint density at radius 1 is 1.20 bits per heavy atom. The van der Waals surface area contributed by atoms with Gasteiger partial charge in [-0.1, -0.05) is 33.1 Å². The van der Waals surface area contributed by atoms with E-state index in [1.165, 1.54) is 12.8 Å². The van der Waals surface area contributed by atoms with Gasteiger partial charge in [0.15, 0.2) is 0 Å². The minimum atomic E-state index is -0.829. The minimum absolute atomic E-state index is 0.0203. The van der Waals surface area contributed by atoms with Crippen molar-refractivity contribution in [2.24, 2.45) is 0 Å². The van der Waals surface area contributed by atoms with E-state index in [1.54, 1.807) is 0 Å². The Kier molecular flexibility index (Phi) is 10.1. The van der Waals surface area contributed by atoms with Crippen molar-refractivity contribution in [2.45, 2.75) is 71.9 Å². The Balaban J connectivity index is 4.11. The topological polar surface area (TPSA) is 69.6 Å². The molecular formula is C15H30N2O3. The largest absolute Gasteiger partial charge is 0.481 e. The van der Waals surface area contributed by atoms with E-state index in [4.69, 9.17) is 5.11 Å². The first kappa shape index (κ1) is 18.9. The quantitative estimate of drug-likeness (QED) is 0.572. The Labute approximate surface area is 122 Å². The van der Waals surface area contributed by atoms with Gasteiger partial charge in [-0.3, -0.25) is 14.5 Å². The summed E-state index contributed by atoms with van der Waals surface area (Å²) in [6, 6.07) is 0.0567. The number of likely N-dealkylation sites (N-methyl/N-ethyl adjacent to an activating group) is 1. The van der Waals surface area contributed by atoms with Crippen LogP contribution in [-0.4, -0.2) is 47.1 Å². The summed E-state index contributed by atoms with van der Waals surface area (Å²) in [7, 11) is 0. The molecule has 0 bridgehead atoms. The summed E-state index contributed by atoms with van der Waals surface area (Å²) in [5, 5.41) is 11.8. The molecule has 5 nitrogen and oxygen atoms in total. The third-order valence-corrected chi connectivity index (χ3v) is 3.49. The van der Waals surface area contributed by atoms with E-state index in [0.717, 1.165) is 12.8 Å². The van der Waals surface area contributed by atoms with Gasteiger partial charge >= 0.3 is 5.97 Å². The molecule has 0 aromatic carbocycles. The van der Waals surface area contributed by atoms with Gasteiger partial charge in [-0.15, -0.1) is 0 Å². The Bertz CT molecular complexity index is 295. The second-order valence-electron chi connectivity index (χ2n) is 5.47. The summed E-state index contributed by atoms with van der Waals surface area (Å²) < 4.78 is 0. The van der Waals surface area contributed by atoms with Gasteiger partial charge in [-0.25, -0.2) is 0 Å². The zero-order chi connectivity index (χ0) is 15.5. The van der Waals surface area contributed by atoms with Gasteiger partial charge in [-0.2, -0.15) is 0 Å². The second-order valence-corrected chi connectivity index (χ2v) is 5.47. The molecular weight excluding hydrogens is 256 g/mol. The molecule has 5 heteroatoms. The van der Waals surface area contributed by atoms with Gasteiger partial charge in [0.05, 0.1) is 13.0 Å². The highest BCUT2D eigenvalue weighted by atomic mass is 16.4. The molecule has 118 valence electrons. The first-order valence-electron chi connectivity index (χ1n) is 7.65. The normalized spacial score (nSPS) is 14.1.